The Labute approximate surface area is 150 Å². The number of hydrogen-bond donors (Lipinski definition) is 1. The number of nitrogens with one attached hydrogen (secondary N) is 1. The van der Waals surface area contributed by atoms with Crippen molar-refractivity contribution >= 4 is 46.5 Å². The van der Waals surface area contributed by atoms with Gasteiger partial charge in [0.1, 0.15) is 10.8 Å². The number of benzene rings is 1. The summed E-state index contributed by atoms with van der Waals surface area (Å²) in [5.74, 6) is 1.99. The van der Waals surface area contributed by atoms with E-state index in [-0.39, 0.29) is 0 Å². The molecular weight excluding hydrogens is 374 g/mol. The molecule has 0 spiro atoms. The zero-order valence-corrected chi connectivity index (χ0v) is 15.4. The maximum atomic E-state index is 6.05. The average molecular weight is 386 g/mol. The molecule has 0 aliphatic carbocycles. The van der Waals surface area contributed by atoms with Gasteiger partial charge in [-0.2, -0.15) is 0 Å². The Morgan fingerprint density at radius 2 is 2.22 bits per heavy atom. The highest BCUT2D eigenvalue weighted by molar-refractivity contribution is 8.00. The average Bonchev–Trinajstić information content (AvgIpc) is 3.22. The molecule has 3 rings (SSSR count). The van der Waals surface area contributed by atoms with Crippen LogP contribution in [0.4, 0.5) is 0 Å². The lowest BCUT2D eigenvalue weighted by Gasteiger charge is -2.05. The SMILES string of the molecule is COc1ccc(Cl)cc1-c1nc(SCc2nnc(SC)s2)n[nH]1. The number of H-pyrrole nitrogens is 1. The van der Waals surface area contributed by atoms with Crippen molar-refractivity contribution in [3.05, 3.63) is 28.2 Å². The standard InChI is InChI=1S/C13H12ClN5OS3/c1-20-9-4-3-7(14)5-8(9)11-15-12(18-17-11)22-6-10-16-19-13(21-2)23-10/h3-5H,6H2,1-2H3,(H,15,17,18). The Bertz CT molecular complexity index is 807. The summed E-state index contributed by atoms with van der Waals surface area (Å²) in [7, 11) is 1.61. The minimum Gasteiger partial charge on any atom is -0.496 e. The van der Waals surface area contributed by atoms with Crippen molar-refractivity contribution in [2.75, 3.05) is 13.4 Å². The van der Waals surface area contributed by atoms with E-state index in [0.29, 0.717) is 27.5 Å². The smallest absolute Gasteiger partial charge is 0.209 e. The van der Waals surface area contributed by atoms with E-state index in [1.165, 1.54) is 11.8 Å². The molecule has 2 aromatic heterocycles. The Kier molecular flexibility index (Phi) is 5.42. The second kappa shape index (κ2) is 7.52. The van der Waals surface area contributed by atoms with Crippen LogP contribution in [-0.4, -0.2) is 38.7 Å². The number of hydrogen-bond acceptors (Lipinski definition) is 8. The van der Waals surface area contributed by atoms with Crippen LogP contribution in [0.1, 0.15) is 5.01 Å². The zero-order chi connectivity index (χ0) is 16.2. The fourth-order valence-electron chi connectivity index (χ4n) is 1.80. The molecule has 0 radical (unpaired) electrons. The molecule has 6 nitrogen and oxygen atoms in total. The molecule has 23 heavy (non-hydrogen) atoms. The Morgan fingerprint density at radius 1 is 1.35 bits per heavy atom. The van der Waals surface area contributed by atoms with Gasteiger partial charge in [0.05, 0.1) is 18.4 Å². The van der Waals surface area contributed by atoms with Crippen LogP contribution in [0.3, 0.4) is 0 Å². The third-order valence-corrected chi connectivity index (χ3v) is 6.00. The van der Waals surface area contributed by atoms with Crippen molar-refractivity contribution in [1.29, 1.82) is 0 Å². The normalized spacial score (nSPS) is 10.9. The topological polar surface area (TPSA) is 76.6 Å². The van der Waals surface area contributed by atoms with Crippen molar-refractivity contribution in [2.24, 2.45) is 0 Å². The Hall–Kier alpha value is -1.29. The third-order valence-electron chi connectivity index (χ3n) is 2.83. The summed E-state index contributed by atoms with van der Waals surface area (Å²) in [5, 5.41) is 17.5. The number of rotatable bonds is 6. The van der Waals surface area contributed by atoms with Gasteiger partial charge in [0.2, 0.25) is 5.16 Å². The van der Waals surface area contributed by atoms with Crippen LogP contribution in [0.2, 0.25) is 5.02 Å². The van der Waals surface area contributed by atoms with Gasteiger partial charge in [0.15, 0.2) is 10.2 Å². The maximum Gasteiger partial charge on any atom is 0.209 e. The van der Waals surface area contributed by atoms with Crippen LogP contribution in [0, 0.1) is 0 Å². The fraction of sp³-hybridized carbons (Fsp3) is 0.231. The van der Waals surface area contributed by atoms with E-state index in [0.717, 1.165) is 14.9 Å². The van der Waals surface area contributed by atoms with E-state index in [2.05, 4.69) is 25.4 Å². The predicted molar refractivity (Wildman–Crippen MR) is 94.6 cm³/mol. The minimum atomic E-state index is 0.616. The molecule has 0 atom stereocenters. The van der Waals surface area contributed by atoms with Gasteiger partial charge in [0, 0.05) is 5.02 Å². The summed E-state index contributed by atoms with van der Waals surface area (Å²) in [6.45, 7) is 0. The number of thioether (sulfide) groups is 2. The molecule has 0 amide bonds. The lowest BCUT2D eigenvalue weighted by atomic mass is 10.2. The molecule has 0 aliphatic heterocycles. The van der Waals surface area contributed by atoms with E-state index in [9.17, 15) is 0 Å². The number of halogens is 1. The summed E-state index contributed by atoms with van der Waals surface area (Å²) in [6, 6.07) is 5.37. The molecule has 0 aliphatic rings. The van der Waals surface area contributed by atoms with E-state index in [4.69, 9.17) is 16.3 Å². The van der Waals surface area contributed by atoms with Gasteiger partial charge in [0.25, 0.3) is 0 Å². The van der Waals surface area contributed by atoms with Crippen molar-refractivity contribution in [3.63, 3.8) is 0 Å². The van der Waals surface area contributed by atoms with Crippen LogP contribution >= 0.6 is 46.5 Å². The highest BCUT2D eigenvalue weighted by Gasteiger charge is 2.13. The molecular formula is C13H12ClN5OS3. The number of methoxy groups -OCH3 is 1. The van der Waals surface area contributed by atoms with Gasteiger partial charge in [-0.05, 0) is 24.5 Å². The van der Waals surface area contributed by atoms with E-state index >= 15 is 0 Å². The predicted octanol–water partition coefficient (Wildman–Crippen LogP) is 4.00. The molecule has 120 valence electrons. The second-order valence-electron chi connectivity index (χ2n) is 4.27. The number of ether oxygens (including phenoxy) is 1. The summed E-state index contributed by atoms with van der Waals surface area (Å²) < 4.78 is 6.29. The number of aromatic nitrogens is 5. The first-order valence-corrected chi connectivity index (χ1v) is 9.85. The Morgan fingerprint density at radius 3 is 2.96 bits per heavy atom. The maximum absolute atomic E-state index is 6.05. The quantitative estimate of drug-likeness (QED) is 0.642. The lowest BCUT2D eigenvalue weighted by molar-refractivity contribution is 0.416. The Balaban J connectivity index is 1.74. The summed E-state index contributed by atoms with van der Waals surface area (Å²) in [6.07, 6.45) is 1.98. The fourth-order valence-corrected chi connectivity index (χ4v) is 4.07. The summed E-state index contributed by atoms with van der Waals surface area (Å²) in [4.78, 5) is 4.48. The molecule has 0 unspecified atom stereocenters. The van der Waals surface area contributed by atoms with Crippen LogP contribution in [0.5, 0.6) is 5.75 Å². The number of nitrogens with zero attached hydrogens (tertiary/aromatic N) is 4. The monoisotopic (exact) mass is 385 g/mol. The van der Waals surface area contributed by atoms with Crippen molar-refractivity contribution in [3.8, 4) is 17.1 Å². The van der Waals surface area contributed by atoms with E-state index in [1.807, 2.05) is 6.26 Å². The van der Waals surface area contributed by atoms with Gasteiger partial charge in [-0.25, -0.2) is 4.98 Å². The second-order valence-corrected chi connectivity index (χ2v) is 7.76. The highest BCUT2D eigenvalue weighted by atomic mass is 35.5. The van der Waals surface area contributed by atoms with Crippen molar-refractivity contribution < 1.29 is 4.74 Å². The lowest BCUT2D eigenvalue weighted by Crippen LogP contribution is -1.89. The zero-order valence-electron chi connectivity index (χ0n) is 12.2. The highest BCUT2D eigenvalue weighted by Crippen LogP contribution is 2.32. The van der Waals surface area contributed by atoms with Gasteiger partial charge in [-0.3, -0.25) is 5.10 Å². The molecule has 10 heteroatoms. The molecule has 0 fully saturated rings. The molecule has 3 aromatic rings. The molecule has 2 heterocycles. The van der Waals surface area contributed by atoms with Crippen LogP contribution < -0.4 is 4.74 Å². The van der Waals surface area contributed by atoms with Crippen LogP contribution in [0.25, 0.3) is 11.4 Å². The van der Waals surface area contributed by atoms with Gasteiger partial charge >= 0.3 is 0 Å². The van der Waals surface area contributed by atoms with Gasteiger partial charge in [-0.1, -0.05) is 46.5 Å². The van der Waals surface area contributed by atoms with Crippen molar-refractivity contribution in [2.45, 2.75) is 15.2 Å². The molecule has 0 saturated carbocycles. The first-order chi connectivity index (χ1) is 11.2. The minimum absolute atomic E-state index is 0.616. The first-order valence-electron chi connectivity index (χ1n) is 6.45. The van der Waals surface area contributed by atoms with E-state index in [1.54, 1.807) is 48.4 Å². The number of aromatic amines is 1. The van der Waals surface area contributed by atoms with E-state index < -0.39 is 0 Å². The first kappa shape index (κ1) is 16.6. The molecule has 1 aromatic carbocycles. The molecule has 0 bridgehead atoms. The summed E-state index contributed by atoms with van der Waals surface area (Å²) >= 11 is 10.7. The molecule has 0 saturated heterocycles. The van der Waals surface area contributed by atoms with Crippen molar-refractivity contribution in [1.82, 2.24) is 25.4 Å². The molecule has 1 N–H and O–H groups in total. The van der Waals surface area contributed by atoms with Gasteiger partial charge < -0.3 is 4.74 Å². The van der Waals surface area contributed by atoms with Crippen LogP contribution in [-0.2, 0) is 5.75 Å². The summed E-state index contributed by atoms with van der Waals surface area (Å²) in [5.41, 5.74) is 0.778. The third kappa shape index (κ3) is 3.97. The van der Waals surface area contributed by atoms with Crippen LogP contribution in [0.15, 0.2) is 27.7 Å². The van der Waals surface area contributed by atoms with Gasteiger partial charge in [-0.15, -0.1) is 15.3 Å². The largest absolute Gasteiger partial charge is 0.496 e.